The van der Waals surface area contributed by atoms with Crippen molar-refractivity contribution in [2.75, 3.05) is 18.1 Å². The molecule has 1 aromatic heterocycles. The van der Waals surface area contributed by atoms with Crippen molar-refractivity contribution in [3.8, 4) is 11.5 Å². The van der Waals surface area contributed by atoms with Crippen LogP contribution in [0.15, 0.2) is 52.2 Å². The number of aryl methyl sites for hydroxylation is 2. The molecule has 3 rings (SSSR count). The molecule has 1 heterocycles. The van der Waals surface area contributed by atoms with E-state index in [-0.39, 0.29) is 5.75 Å². The Morgan fingerprint density at radius 1 is 1.26 bits per heavy atom. The summed E-state index contributed by atoms with van der Waals surface area (Å²) >= 11 is 1.42. The number of carboxylic acids is 1. The van der Waals surface area contributed by atoms with Gasteiger partial charge < -0.3 is 14.3 Å². The molecule has 0 unspecified atom stereocenters. The Labute approximate surface area is 188 Å². The van der Waals surface area contributed by atoms with E-state index in [1.165, 1.54) is 35.7 Å². The van der Waals surface area contributed by atoms with Crippen molar-refractivity contribution in [1.82, 2.24) is 4.98 Å². The highest BCUT2D eigenvalue weighted by molar-refractivity contribution is 8.00. The molecule has 2 aromatic rings. The summed E-state index contributed by atoms with van der Waals surface area (Å²) in [6, 6.07) is 8.47. The molecule has 0 saturated carbocycles. The van der Waals surface area contributed by atoms with Crippen molar-refractivity contribution >= 4 is 17.7 Å². The van der Waals surface area contributed by atoms with Crippen LogP contribution in [0, 0.1) is 6.92 Å². The van der Waals surface area contributed by atoms with E-state index < -0.39 is 5.97 Å². The Morgan fingerprint density at radius 2 is 2.06 bits per heavy atom. The third kappa shape index (κ3) is 7.31. The lowest BCUT2D eigenvalue weighted by Crippen LogP contribution is -2.04. The van der Waals surface area contributed by atoms with Crippen LogP contribution in [0.3, 0.4) is 0 Å². The number of carboxylic acid groups (broad SMARTS) is 1. The smallest absolute Gasteiger partial charge is 0.313 e. The summed E-state index contributed by atoms with van der Waals surface area (Å²) < 4.78 is 11.8. The Morgan fingerprint density at radius 3 is 2.81 bits per heavy atom. The van der Waals surface area contributed by atoms with Gasteiger partial charge in [-0.2, -0.15) is 0 Å². The summed E-state index contributed by atoms with van der Waals surface area (Å²) in [6.45, 7) is 4.68. The lowest BCUT2D eigenvalue weighted by Gasteiger charge is -2.14. The third-order valence-corrected chi connectivity index (χ3v) is 6.22. The number of thioether (sulfide) groups is 1. The Bertz CT molecular complexity index is 927. The minimum absolute atomic E-state index is 0.131. The molecule has 1 aliphatic rings. The van der Waals surface area contributed by atoms with Crippen LogP contribution in [0.5, 0.6) is 0 Å². The molecule has 1 aliphatic carbocycles. The minimum Gasteiger partial charge on any atom is -0.494 e. The average molecular weight is 442 g/mol. The first kappa shape index (κ1) is 23.2. The van der Waals surface area contributed by atoms with Gasteiger partial charge in [0.15, 0.2) is 0 Å². The number of allylic oxidation sites excluding steroid dienone is 2. The number of hydrogen-bond acceptors (Lipinski definition) is 5. The van der Waals surface area contributed by atoms with Gasteiger partial charge in [0.05, 0.1) is 18.1 Å². The van der Waals surface area contributed by atoms with Gasteiger partial charge in [0.2, 0.25) is 5.89 Å². The number of ether oxygens (including phenoxy) is 1. The largest absolute Gasteiger partial charge is 0.494 e. The molecule has 0 aliphatic heterocycles. The summed E-state index contributed by atoms with van der Waals surface area (Å²) in [7, 11) is 0. The number of unbranched alkanes of at least 4 members (excludes halogenated alkanes) is 1. The molecule has 0 saturated heterocycles. The van der Waals surface area contributed by atoms with Gasteiger partial charge in [0, 0.05) is 17.7 Å². The molecule has 5 nitrogen and oxygen atoms in total. The fourth-order valence-electron chi connectivity index (χ4n) is 3.46. The van der Waals surface area contributed by atoms with Crippen LogP contribution in [0.1, 0.15) is 49.6 Å². The second-order valence-corrected chi connectivity index (χ2v) is 8.74. The van der Waals surface area contributed by atoms with Gasteiger partial charge in [-0.1, -0.05) is 31.1 Å². The lowest BCUT2D eigenvalue weighted by atomic mass is 10.1. The Hall–Kier alpha value is -2.47. The van der Waals surface area contributed by atoms with E-state index in [1.54, 1.807) is 0 Å². The molecule has 0 fully saturated rings. The predicted octanol–water partition coefficient (Wildman–Crippen LogP) is 5.97. The van der Waals surface area contributed by atoms with Crippen LogP contribution in [0.4, 0.5) is 0 Å². The quantitative estimate of drug-likeness (QED) is 0.437. The molecule has 166 valence electrons. The van der Waals surface area contributed by atoms with E-state index in [4.69, 9.17) is 14.3 Å². The molecule has 0 amide bonds. The average Bonchev–Trinajstić information content (AvgIpc) is 3.13. The fraction of sp³-hybridized carbons (Fsp3) is 0.440. The maximum Gasteiger partial charge on any atom is 0.313 e. The van der Waals surface area contributed by atoms with E-state index in [2.05, 4.69) is 42.2 Å². The third-order valence-electron chi connectivity index (χ3n) is 5.19. The van der Waals surface area contributed by atoms with E-state index in [9.17, 15) is 4.79 Å². The number of aromatic nitrogens is 1. The number of aliphatic carboxylic acids is 1. The normalized spacial score (nSPS) is 13.6. The van der Waals surface area contributed by atoms with Crippen LogP contribution in [0.25, 0.3) is 11.5 Å². The SMILES string of the molecule is CCCCc1ccc(-c2nc(CCOC3=CCCC(CSCC(=O)O)=C3)c(C)o2)cc1. The molecular formula is C25H31NO4S. The zero-order chi connectivity index (χ0) is 22.1. The topological polar surface area (TPSA) is 72.6 Å². The van der Waals surface area contributed by atoms with Gasteiger partial charge in [-0.15, -0.1) is 11.8 Å². The van der Waals surface area contributed by atoms with Crippen LogP contribution >= 0.6 is 11.8 Å². The maximum atomic E-state index is 10.7. The number of oxazole rings is 1. The number of benzene rings is 1. The standard InChI is InChI=1S/C25H31NO4S/c1-3-4-6-19-9-11-21(12-10-19)25-26-23(18(2)30-25)13-14-29-22-8-5-7-20(15-22)16-31-17-24(27)28/h8-12,15H,3-7,13-14,16-17H2,1-2H3,(H,27,28). The molecule has 6 heteroatoms. The van der Waals surface area contributed by atoms with Gasteiger partial charge in [-0.3, -0.25) is 4.79 Å². The highest BCUT2D eigenvalue weighted by Gasteiger charge is 2.13. The summed E-state index contributed by atoms with van der Waals surface area (Å²) in [6.07, 6.45) is 10.2. The summed E-state index contributed by atoms with van der Waals surface area (Å²) in [5.41, 5.74) is 4.49. The van der Waals surface area contributed by atoms with E-state index in [0.29, 0.717) is 18.9 Å². The van der Waals surface area contributed by atoms with Gasteiger partial charge >= 0.3 is 5.97 Å². The number of hydrogen-bond donors (Lipinski definition) is 1. The molecule has 0 atom stereocenters. The van der Waals surface area contributed by atoms with Crippen molar-refractivity contribution in [2.24, 2.45) is 0 Å². The van der Waals surface area contributed by atoms with Crippen molar-refractivity contribution < 1.29 is 19.1 Å². The van der Waals surface area contributed by atoms with Crippen molar-refractivity contribution in [3.05, 3.63) is 64.8 Å². The molecule has 1 N–H and O–H groups in total. The number of carbonyl (C=O) groups is 1. The van der Waals surface area contributed by atoms with E-state index in [0.717, 1.165) is 47.8 Å². The molecule has 0 spiro atoms. The second kappa shape index (κ2) is 11.8. The van der Waals surface area contributed by atoms with Crippen LogP contribution in [-0.2, 0) is 22.4 Å². The number of nitrogens with zero attached hydrogens (tertiary/aromatic N) is 1. The monoisotopic (exact) mass is 441 g/mol. The molecular weight excluding hydrogens is 410 g/mol. The van der Waals surface area contributed by atoms with Crippen LogP contribution in [-0.4, -0.2) is 34.2 Å². The first-order valence-corrected chi connectivity index (χ1v) is 12.1. The predicted molar refractivity (Wildman–Crippen MR) is 125 cm³/mol. The van der Waals surface area contributed by atoms with Crippen molar-refractivity contribution in [3.63, 3.8) is 0 Å². The second-order valence-electron chi connectivity index (χ2n) is 7.76. The fourth-order valence-corrected chi connectivity index (χ4v) is 4.23. The van der Waals surface area contributed by atoms with Crippen LogP contribution in [0.2, 0.25) is 0 Å². The highest BCUT2D eigenvalue weighted by atomic mass is 32.2. The van der Waals surface area contributed by atoms with E-state index >= 15 is 0 Å². The zero-order valence-electron chi connectivity index (χ0n) is 18.4. The lowest BCUT2D eigenvalue weighted by molar-refractivity contribution is -0.133. The summed E-state index contributed by atoms with van der Waals surface area (Å²) in [4.78, 5) is 15.4. The first-order chi connectivity index (χ1) is 15.0. The first-order valence-electron chi connectivity index (χ1n) is 10.9. The number of rotatable bonds is 12. The van der Waals surface area contributed by atoms with Gasteiger partial charge in [-0.25, -0.2) is 4.98 Å². The summed E-state index contributed by atoms with van der Waals surface area (Å²) in [5.74, 6) is 2.43. The van der Waals surface area contributed by atoms with Gasteiger partial charge in [0.1, 0.15) is 11.5 Å². The molecule has 0 radical (unpaired) electrons. The van der Waals surface area contributed by atoms with Gasteiger partial charge in [0.25, 0.3) is 0 Å². The molecule has 0 bridgehead atoms. The highest BCUT2D eigenvalue weighted by Crippen LogP contribution is 2.24. The molecule has 31 heavy (non-hydrogen) atoms. The Balaban J connectivity index is 1.51. The molecule has 1 aromatic carbocycles. The minimum atomic E-state index is -0.775. The van der Waals surface area contributed by atoms with Gasteiger partial charge in [-0.05, 0) is 62.5 Å². The summed E-state index contributed by atoms with van der Waals surface area (Å²) in [5, 5.41) is 8.77. The van der Waals surface area contributed by atoms with E-state index in [1.807, 2.05) is 13.0 Å². The maximum absolute atomic E-state index is 10.7. The Kier molecular flexibility index (Phi) is 8.83. The van der Waals surface area contributed by atoms with Crippen LogP contribution < -0.4 is 0 Å². The zero-order valence-corrected chi connectivity index (χ0v) is 19.2. The van der Waals surface area contributed by atoms with Crippen molar-refractivity contribution in [2.45, 2.75) is 52.4 Å². The van der Waals surface area contributed by atoms with Crippen molar-refractivity contribution in [1.29, 1.82) is 0 Å².